The number of carbonyl (C=O) groups is 1. The van der Waals surface area contributed by atoms with E-state index < -0.39 is 0 Å². The van der Waals surface area contributed by atoms with Crippen molar-refractivity contribution in [2.75, 3.05) is 13.2 Å². The number of amides is 1. The quantitative estimate of drug-likeness (QED) is 0.760. The molecule has 0 aromatic carbocycles. The minimum absolute atomic E-state index is 0.0927. The first-order chi connectivity index (χ1) is 10.7. The molecule has 2 rings (SSSR count). The lowest BCUT2D eigenvalue weighted by atomic mass is 9.82. The molecular formula is C18H33NO3. The highest BCUT2D eigenvalue weighted by Crippen LogP contribution is 2.29. The van der Waals surface area contributed by atoms with Gasteiger partial charge >= 0.3 is 0 Å². The molecule has 3 unspecified atom stereocenters. The normalized spacial score (nSPS) is 28.3. The molecule has 0 radical (unpaired) electrons. The van der Waals surface area contributed by atoms with E-state index in [1.54, 1.807) is 0 Å². The molecule has 4 nitrogen and oxygen atoms in total. The smallest absolute Gasteiger partial charge is 0.223 e. The van der Waals surface area contributed by atoms with Crippen molar-refractivity contribution in [1.82, 2.24) is 5.32 Å². The highest BCUT2D eigenvalue weighted by Gasteiger charge is 2.31. The molecule has 1 heterocycles. The van der Waals surface area contributed by atoms with Crippen LogP contribution in [0, 0.1) is 11.8 Å². The van der Waals surface area contributed by atoms with Crippen molar-refractivity contribution >= 4 is 5.91 Å². The Morgan fingerprint density at radius 1 is 1.27 bits per heavy atom. The third-order valence-corrected chi connectivity index (χ3v) is 5.34. The number of aliphatic hydroxyl groups excluding tert-OH is 1. The molecule has 2 aliphatic rings. The Labute approximate surface area is 135 Å². The predicted molar refractivity (Wildman–Crippen MR) is 87.6 cm³/mol. The molecule has 0 aromatic rings. The summed E-state index contributed by atoms with van der Waals surface area (Å²) < 4.78 is 5.75. The van der Waals surface area contributed by atoms with Gasteiger partial charge in [0.1, 0.15) is 0 Å². The van der Waals surface area contributed by atoms with Crippen LogP contribution in [0.3, 0.4) is 0 Å². The second kappa shape index (κ2) is 9.51. The summed E-state index contributed by atoms with van der Waals surface area (Å²) in [5, 5.41) is 12.6. The van der Waals surface area contributed by atoms with Gasteiger partial charge in [0.15, 0.2) is 0 Å². The summed E-state index contributed by atoms with van der Waals surface area (Å²) in [7, 11) is 0. The molecule has 0 aromatic heterocycles. The fourth-order valence-electron chi connectivity index (χ4n) is 4.04. The molecule has 1 amide bonds. The Morgan fingerprint density at radius 2 is 2.05 bits per heavy atom. The average Bonchev–Trinajstić information content (AvgIpc) is 2.56. The SMILES string of the molecule is CCCC1CC(C(=O)NC(CCO)C2CCCCC2)CCO1. The zero-order valence-corrected chi connectivity index (χ0v) is 14.1. The van der Waals surface area contributed by atoms with Gasteiger partial charge in [-0.1, -0.05) is 32.6 Å². The molecule has 1 aliphatic heterocycles. The molecule has 4 heteroatoms. The first kappa shape index (κ1) is 17.7. The number of ether oxygens (including phenoxy) is 1. The summed E-state index contributed by atoms with van der Waals surface area (Å²) in [4.78, 5) is 12.6. The molecule has 3 atom stereocenters. The van der Waals surface area contributed by atoms with E-state index in [0.717, 1.165) is 25.7 Å². The van der Waals surface area contributed by atoms with Crippen molar-refractivity contribution in [3.63, 3.8) is 0 Å². The van der Waals surface area contributed by atoms with Crippen LogP contribution >= 0.6 is 0 Å². The fraction of sp³-hybridized carbons (Fsp3) is 0.944. The molecule has 22 heavy (non-hydrogen) atoms. The third kappa shape index (κ3) is 5.24. The molecule has 1 aliphatic carbocycles. The van der Waals surface area contributed by atoms with Crippen LogP contribution in [-0.4, -0.2) is 36.4 Å². The lowest BCUT2D eigenvalue weighted by Crippen LogP contribution is -2.46. The third-order valence-electron chi connectivity index (χ3n) is 5.34. The highest BCUT2D eigenvalue weighted by atomic mass is 16.5. The van der Waals surface area contributed by atoms with Gasteiger partial charge in [-0.15, -0.1) is 0 Å². The molecule has 128 valence electrons. The van der Waals surface area contributed by atoms with Crippen LogP contribution in [0.1, 0.15) is 71.1 Å². The molecule has 1 saturated heterocycles. The summed E-state index contributed by atoms with van der Waals surface area (Å²) in [6.07, 6.45) is 11.0. The predicted octanol–water partition coefficient (Wildman–Crippen LogP) is 3.03. The van der Waals surface area contributed by atoms with Crippen molar-refractivity contribution in [1.29, 1.82) is 0 Å². The van der Waals surface area contributed by atoms with Crippen molar-refractivity contribution in [3.8, 4) is 0 Å². The Morgan fingerprint density at radius 3 is 2.73 bits per heavy atom. The van der Waals surface area contributed by atoms with Crippen molar-refractivity contribution < 1.29 is 14.6 Å². The Bertz CT molecular complexity index is 326. The lowest BCUT2D eigenvalue weighted by Gasteiger charge is -2.34. The lowest BCUT2D eigenvalue weighted by molar-refractivity contribution is -0.131. The maximum Gasteiger partial charge on any atom is 0.223 e. The van der Waals surface area contributed by atoms with Gasteiger partial charge in [-0.2, -0.15) is 0 Å². The van der Waals surface area contributed by atoms with Gasteiger partial charge in [0.05, 0.1) is 6.10 Å². The van der Waals surface area contributed by atoms with Gasteiger partial charge < -0.3 is 15.2 Å². The van der Waals surface area contributed by atoms with Crippen LogP contribution in [0.4, 0.5) is 0 Å². The summed E-state index contributed by atoms with van der Waals surface area (Å²) in [5.74, 6) is 0.833. The van der Waals surface area contributed by atoms with E-state index >= 15 is 0 Å². The van der Waals surface area contributed by atoms with E-state index in [1.165, 1.54) is 32.1 Å². The van der Waals surface area contributed by atoms with Crippen LogP contribution in [0.25, 0.3) is 0 Å². The Kier molecular flexibility index (Phi) is 7.67. The number of carbonyl (C=O) groups excluding carboxylic acids is 1. The van der Waals surface area contributed by atoms with Crippen LogP contribution in [0.15, 0.2) is 0 Å². The molecule has 2 fully saturated rings. The minimum Gasteiger partial charge on any atom is -0.396 e. The molecular weight excluding hydrogens is 278 g/mol. The molecule has 0 spiro atoms. The van der Waals surface area contributed by atoms with Gasteiger partial charge in [0.2, 0.25) is 5.91 Å². The monoisotopic (exact) mass is 311 g/mol. The zero-order valence-electron chi connectivity index (χ0n) is 14.1. The van der Waals surface area contributed by atoms with E-state index in [0.29, 0.717) is 18.9 Å². The van der Waals surface area contributed by atoms with Gasteiger partial charge in [-0.05, 0) is 44.4 Å². The number of nitrogens with one attached hydrogen (secondary N) is 1. The van der Waals surface area contributed by atoms with E-state index in [4.69, 9.17) is 4.74 Å². The molecule has 1 saturated carbocycles. The van der Waals surface area contributed by atoms with Crippen LogP contribution in [0.2, 0.25) is 0 Å². The highest BCUT2D eigenvalue weighted by molar-refractivity contribution is 5.79. The van der Waals surface area contributed by atoms with Gasteiger partial charge in [-0.25, -0.2) is 0 Å². The summed E-state index contributed by atoms with van der Waals surface area (Å²) in [5.41, 5.74) is 0. The largest absolute Gasteiger partial charge is 0.396 e. The van der Waals surface area contributed by atoms with Crippen LogP contribution in [0.5, 0.6) is 0 Å². The number of hydrogen-bond acceptors (Lipinski definition) is 3. The Balaban J connectivity index is 1.86. The van der Waals surface area contributed by atoms with Crippen LogP contribution < -0.4 is 5.32 Å². The van der Waals surface area contributed by atoms with Crippen molar-refractivity contribution in [3.05, 3.63) is 0 Å². The van der Waals surface area contributed by atoms with Crippen molar-refractivity contribution in [2.45, 2.75) is 83.3 Å². The van der Waals surface area contributed by atoms with E-state index in [9.17, 15) is 9.90 Å². The first-order valence-corrected chi connectivity index (χ1v) is 9.27. The second-order valence-electron chi connectivity index (χ2n) is 7.03. The van der Waals surface area contributed by atoms with E-state index in [1.807, 2.05) is 0 Å². The topological polar surface area (TPSA) is 58.6 Å². The van der Waals surface area contributed by atoms with E-state index in [2.05, 4.69) is 12.2 Å². The Hall–Kier alpha value is -0.610. The number of rotatable bonds is 7. The summed E-state index contributed by atoms with van der Waals surface area (Å²) in [6.45, 7) is 3.03. The van der Waals surface area contributed by atoms with Crippen molar-refractivity contribution in [2.24, 2.45) is 11.8 Å². The van der Waals surface area contributed by atoms with Crippen LogP contribution in [-0.2, 0) is 9.53 Å². The standard InChI is InChI=1S/C18H33NO3/c1-2-6-16-13-15(10-12-22-16)18(21)19-17(9-11-20)14-7-4-3-5-8-14/h14-17,20H,2-13H2,1H3,(H,19,21). The maximum absolute atomic E-state index is 12.6. The van der Waals surface area contributed by atoms with Gasteiger partial charge in [0.25, 0.3) is 0 Å². The second-order valence-corrected chi connectivity index (χ2v) is 7.03. The number of hydrogen-bond donors (Lipinski definition) is 2. The van der Waals surface area contributed by atoms with E-state index in [-0.39, 0.29) is 30.6 Å². The summed E-state index contributed by atoms with van der Waals surface area (Å²) in [6, 6.07) is 0.158. The number of aliphatic hydroxyl groups is 1. The average molecular weight is 311 g/mol. The van der Waals surface area contributed by atoms with Gasteiger partial charge in [0, 0.05) is 25.2 Å². The van der Waals surface area contributed by atoms with Gasteiger partial charge in [-0.3, -0.25) is 4.79 Å². The maximum atomic E-state index is 12.6. The fourth-order valence-corrected chi connectivity index (χ4v) is 4.04. The summed E-state index contributed by atoms with van der Waals surface area (Å²) >= 11 is 0. The molecule has 0 bridgehead atoms. The zero-order chi connectivity index (χ0) is 15.8. The first-order valence-electron chi connectivity index (χ1n) is 9.27. The minimum atomic E-state index is 0.0927. The molecule has 2 N–H and O–H groups in total.